The molecular weight excluding hydrogens is 379 g/mol. The summed E-state index contributed by atoms with van der Waals surface area (Å²) in [7, 11) is -0.444. The van der Waals surface area contributed by atoms with Crippen LogP contribution in [0.15, 0.2) is 24.3 Å². The Morgan fingerprint density at radius 2 is 1.77 bits per heavy atom. The fraction of sp³-hybridized carbons (Fsp3) is 0.696. The zero-order chi connectivity index (χ0) is 22.2. The van der Waals surface area contributed by atoms with Crippen LogP contribution in [0.25, 0.3) is 0 Å². The predicted molar refractivity (Wildman–Crippen MR) is 120 cm³/mol. The summed E-state index contributed by atoms with van der Waals surface area (Å²) in [5, 5.41) is 3.11. The third kappa shape index (κ3) is 5.37. The van der Waals surface area contributed by atoms with E-state index in [-0.39, 0.29) is 24.1 Å². The number of benzene rings is 1. The van der Waals surface area contributed by atoms with E-state index in [1.54, 1.807) is 0 Å². The van der Waals surface area contributed by atoms with E-state index in [9.17, 15) is 4.79 Å². The van der Waals surface area contributed by atoms with Gasteiger partial charge in [-0.2, -0.15) is 0 Å². The van der Waals surface area contributed by atoms with Crippen LogP contribution in [-0.2, 0) is 14.1 Å². The van der Waals surface area contributed by atoms with Crippen molar-refractivity contribution in [2.24, 2.45) is 0 Å². The maximum atomic E-state index is 12.4. The Labute approximate surface area is 181 Å². The van der Waals surface area contributed by atoms with E-state index in [0.29, 0.717) is 5.75 Å². The minimum atomic E-state index is -0.444. The third-order valence-electron chi connectivity index (χ3n) is 6.56. The van der Waals surface area contributed by atoms with Crippen molar-refractivity contribution in [1.29, 1.82) is 0 Å². The Hall–Kier alpha value is -1.57. The maximum absolute atomic E-state index is 12.4. The summed E-state index contributed by atoms with van der Waals surface area (Å²) >= 11 is 0. The number of likely N-dealkylation sites (tertiary alicyclic amines) is 1. The highest BCUT2D eigenvalue weighted by Crippen LogP contribution is 2.36. The number of piperidine rings is 1. The molecule has 1 N–H and O–H groups in total. The highest BCUT2D eigenvalue weighted by molar-refractivity contribution is 6.62. The van der Waals surface area contributed by atoms with Crippen LogP contribution in [-0.4, -0.2) is 60.4 Å². The van der Waals surface area contributed by atoms with Crippen molar-refractivity contribution in [2.75, 3.05) is 19.7 Å². The van der Waals surface area contributed by atoms with Crippen molar-refractivity contribution >= 4 is 18.5 Å². The molecule has 2 saturated heterocycles. The predicted octanol–water partition coefficient (Wildman–Crippen LogP) is 2.74. The van der Waals surface area contributed by atoms with Gasteiger partial charge < -0.3 is 19.4 Å². The summed E-state index contributed by atoms with van der Waals surface area (Å²) in [6.45, 7) is 16.8. The minimum absolute atomic E-state index is 0.00626. The Kier molecular flexibility index (Phi) is 6.56. The number of carbonyl (C=O) groups is 1. The number of nitrogens with one attached hydrogen (secondary N) is 1. The van der Waals surface area contributed by atoms with Gasteiger partial charge in [-0.15, -0.1) is 0 Å². The first-order valence-electron chi connectivity index (χ1n) is 11.0. The van der Waals surface area contributed by atoms with Crippen LogP contribution in [0.4, 0.5) is 0 Å². The molecule has 0 spiro atoms. The number of hydrogen-bond acceptors (Lipinski definition) is 5. The van der Waals surface area contributed by atoms with Crippen LogP contribution in [0.3, 0.4) is 0 Å². The molecule has 1 aromatic carbocycles. The third-order valence-corrected chi connectivity index (χ3v) is 6.56. The standard InChI is InChI=1S/C23H37BN2O4/c1-21(2,3)26-13-11-18(12-14-26)25-20(27)16-28-19-10-8-9-17(15-19)24-29-22(4,5)23(6,7)30-24/h8-10,15,18H,11-14,16H2,1-7H3,(H,25,27). The van der Waals surface area contributed by atoms with E-state index in [1.165, 1.54) is 0 Å². The van der Waals surface area contributed by atoms with Gasteiger partial charge in [0.25, 0.3) is 5.91 Å². The van der Waals surface area contributed by atoms with Crippen LogP contribution in [0, 0.1) is 0 Å². The lowest BCUT2D eigenvalue weighted by Gasteiger charge is -2.41. The monoisotopic (exact) mass is 416 g/mol. The van der Waals surface area contributed by atoms with Crippen molar-refractivity contribution in [1.82, 2.24) is 10.2 Å². The Morgan fingerprint density at radius 1 is 1.17 bits per heavy atom. The lowest BCUT2D eigenvalue weighted by Crippen LogP contribution is -2.51. The van der Waals surface area contributed by atoms with E-state index in [2.05, 4.69) is 31.0 Å². The van der Waals surface area contributed by atoms with Gasteiger partial charge in [-0.3, -0.25) is 9.69 Å². The fourth-order valence-corrected chi connectivity index (χ4v) is 3.84. The molecule has 7 heteroatoms. The molecule has 3 rings (SSSR count). The van der Waals surface area contributed by atoms with Gasteiger partial charge in [0.15, 0.2) is 6.61 Å². The molecule has 30 heavy (non-hydrogen) atoms. The Balaban J connectivity index is 1.49. The maximum Gasteiger partial charge on any atom is 0.494 e. The molecule has 0 aliphatic carbocycles. The average molecular weight is 416 g/mol. The second-order valence-electron chi connectivity index (χ2n) is 10.4. The van der Waals surface area contributed by atoms with E-state index >= 15 is 0 Å². The molecule has 2 heterocycles. The van der Waals surface area contributed by atoms with Crippen molar-refractivity contribution in [3.05, 3.63) is 24.3 Å². The van der Waals surface area contributed by atoms with E-state index in [0.717, 1.165) is 31.4 Å². The highest BCUT2D eigenvalue weighted by atomic mass is 16.7. The fourth-order valence-electron chi connectivity index (χ4n) is 3.84. The lowest BCUT2D eigenvalue weighted by molar-refractivity contribution is -0.124. The molecule has 2 aliphatic rings. The summed E-state index contributed by atoms with van der Waals surface area (Å²) in [6, 6.07) is 7.81. The van der Waals surface area contributed by atoms with Gasteiger partial charge in [0.2, 0.25) is 0 Å². The first-order valence-corrected chi connectivity index (χ1v) is 11.0. The highest BCUT2D eigenvalue weighted by Gasteiger charge is 2.51. The molecule has 1 aromatic rings. The molecule has 0 atom stereocenters. The van der Waals surface area contributed by atoms with Crippen LogP contribution >= 0.6 is 0 Å². The number of amides is 1. The van der Waals surface area contributed by atoms with Crippen LogP contribution in [0.2, 0.25) is 0 Å². The van der Waals surface area contributed by atoms with E-state index in [4.69, 9.17) is 14.0 Å². The largest absolute Gasteiger partial charge is 0.494 e. The number of hydrogen-bond donors (Lipinski definition) is 1. The van der Waals surface area contributed by atoms with Gasteiger partial charge in [0, 0.05) is 24.7 Å². The molecule has 166 valence electrons. The SMILES string of the molecule is CC(C)(C)N1CCC(NC(=O)COc2cccc(B3OC(C)(C)C(C)(C)O3)c2)CC1. The number of rotatable bonds is 5. The molecule has 0 saturated carbocycles. The minimum Gasteiger partial charge on any atom is -0.484 e. The number of nitrogens with zero attached hydrogens (tertiary/aromatic N) is 1. The second kappa shape index (κ2) is 8.52. The molecule has 2 fully saturated rings. The Morgan fingerprint density at radius 3 is 2.33 bits per heavy atom. The van der Waals surface area contributed by atoms with Gasteiger partial charge in [0.1, 0.15) is 5.75 Å². The average Bonchev–Trinajstić information content (AvgIpc) is 2.87. The lowest BCUT2D eigenvalue weighted by atomic mass is 9.79. The normalized spacial score (nSPS) is 22.2. The van der Waals surface area contributed by atoms with Gasteiger partial charge in [-0.05, 0) is 78.9 Å². The molecule has 0 bridgehead atoms. The molecule has 0 unspecified atom stereocenters. The van der Waals surface area contributed by atoms with E-state index in [1.807, 2.05) is 52.0 Å². The first kappa shape index (κ1) is 23.1. The van der Waals surface area contributed by atoms with Crippen LogP contribution in [0.5, 0.6) is 5.75 Å². The zero-order valence-electron chi connectivity index (χ0n) is 19.6. The molecule has 0 aromatic heterocycles. The van der Waals surface area contributed by atoms with Crippen molar-refractivity contribution < 1.29 is 18.8 Å². The molecule has 2 aliphatic heterocycles. The van der Waals surface area contributed by atoms with Crippen molar-refractivity contribution in [3.8, 4) is 5.75 Å². The topological polar surface area (TPSA) is 60.0 Å². The number of ether oxygens (including phenoxy) is 1. The first-order chi connectivity index (χ1) is 13.9. The second-order valence-corrected chi connectivity index (χ2v) is 10.4. The van der Waals surface area contributed by atoms with Gasteiger partial charge in [-0.1, -0.05) is 12.1 Å². The zero-order valence-corrected chi connectivity index (χ0v) is 19.6. The van der Waals surface area contributed by atoms with Crippen molar-refractivity contribution in [2.45, 2.75) is 84.1 Å². The van der Waals surface area contributed by atoms with E-state index < -0.39 is 18.3 Å². The van der Waals surface area contributed by atoms with Crippen LogP contribution in [0.1, 0.15) is 61.3 Å². The summed E-state index contributed by atoms with van der Waals surface area (Å²) in [6.07, 6.45) is 1.95. The van der Waals surface area contributed by atoms with Gasteiger partial charge >= 0.3 is 7.12 Å². The van der Waals surface area contributed by atoms with Gasteiger partial charge in [-0.25, -0.2) is 0 Å². The summed E-state index contributed by atoms with van der Waals surface area (Å²) in [5.41, 5.74) is 0.287. The summed E-state index contributed by atoms with van der Waals surface area (Å²) in [5.74, 6) is 0.560. The molecule has 0 radical (unpaired) electrons. The number of carbonyl (C=O) groups excluding carboxylic acids is 1. The molecular formula is C23H37BN2O4. The van der Waals surface area contributed by atoms with Crippen molar-refractivity contribution in [3.63, 3.8) is 0 Å². The Bertz CT molecular complexity index is 736. The smallest absolute Gasteiger partial charge is 0.484 e. The summed E-state index contributed by atoms with van der Waals surface area (Å²) in [4.78, 5) is 14.8. The quantitative estimate of drug-likeness (QED) is 0.749. The molecule has 6 nitrogen and oxygen atoms in total. The summed E-state index contributed by atoms with van der Waals surface area (Å²) < 4.78 is 18.0. The molecule has 1 amide bonds. The van der Waals surface area contributed by atoms with Crippen LogP contribution < -0.4 is 15.5 Å². The van der Waals surface area contributed by atoms with Gasteiger partial charge in [0.05, 0.1) is 11.2 Å².